The molecule has 4 rings (SSSR count). The summed E-state index contributed by atoms with van der Waals surface area (Å²) < 4.78 is 14.3. The van der Waals surface area contributed by atoms with Crippen molar-refractivity contribution in [1.82, 2.24) is 15.3 Å². The van der Waals surface area contributed by atoms with Crippen molar-refractivity contribution in [2.45, 2.75) is 6.04 Å². The Labute approximate surface area is 190 Å². The Morgan fingerprint density at radius 3 is 2.44 bits per heavy atom. The molecule has 4 N–H and O–H groups in total. The van der Waals surface area contributed by atoms with Crippen molar-refractivity contribution < 1.29 is 24.2 Å². The summed E-state index contributed by atoms with van der Waals surface area (Å²) in [5, 5.41) is 21.6. The minimum Gasteiger partial charge on any atom is -0.508 e. The van der Waals surface area contributed by atoms with Crippen LogP contribution in [0.15, 0.2) is 54.6 Å². The molecule has 162 valence electrons. The minimum atomic E-state index is -1.35. The zero-order valence-electron chi connectivity index (χ0n) is 16.1. The highest BCUT2D eigenvalue weighted by Gasteiger charge is 2.24. The van der Waals surface area contributed by atoms with Crippen molar-refractivity contribution in [3.05, 3.63) is 81.6 Å². The van der Waals surface area contributed by atoms with Crippen LogP contribution in [0.2, 0.25) is 10.0 Å². The first-order valence-electron chi connectivity index (χ1n) is 9.21. The monoisotopic (exact) mass is 473 g/mol. The number of carboxylic acids is 1. The standard InChI is InChI=1S/C22H14Cl2FN3O4/c23-13-2-1-3-15(25)17(13)20-26-16-9-11(8-14(24)19(16)27-20)21(30)28-18(22(31)32)10-4-6-12(29)7-5-10/h1-9,18,29H,(H,26,27)(H,28,30)(H,31,32). The number of carbonyl (C=O) groups is 2. The van der Waals surface area contributed by atoms with E-state index in [0.717, 1.165) is 0 Å². The predicted molar refractivity (Wildman–Crippen MR) is 117 cm³/mol. The van der Waals surface area contributed by atoms with Gasteiger partial charge in [-0.25, -0.2) is 14.2 Å². The lowest BCUT2D eigenvalue weighted by Gasteiger charge is -2.15. The van der Waals surface area contributed by atoms with Gasteiger partial charge in [0.2, 0.25) is 0 Å². The van der Waals surface area contributed by atoms with Crippen molar-refractivity contribution in [2.75, 3.05) is 0 Å². The number of aromatic hydroxyl groups is 1. The van der Waals surface area contributed by atoms with Crippen LogP contribution in [0.1, 0.15) is 22.0 Å². The summed E-state index contributed by atoms with van der Waals surface area (Å²) in [6, 6.07) is 11.1. The Morgan fingerprint density at radius 1 is 1.06 bits per heavy atom. The number of nitrogens with zero attached hydrogens (tertiary/aromatic N) is 1. The molecule has 0 aliphatic rings. The number of aromatic amines is 1. The van der Waals surface area contributed by atoms with Gasteiger partial charge in [-0.1, -0.05) is 41.4 Å². The molecular weight excluding hydrogens is 460 g/mol. The Morgan fingerprint density at radius 2 is 1.78 bits per heavy atom. The Kier molecular flexibility index (Phi) is 5.73. The molecule has 0 saturated heterocycles. The number of phenols is 1. The maximum Gasteiger partial charge on any atom is 0.330 e. The Bertz CT molecular complexity index is 1340. The third-order valence-electron chi connectivity index (χ3n) is 4.75. The SMILES string of the molecule is O=C(NC(C(=O)O)c1ccc(O)cc1)c1cc(Cl)c2nc(-c3c(F)cccc3Cl)[nH]c2c1. The van der Waals surface area contributed by atoms with E-state index in [9.17, 15) is 24.2 Å². The molecule has 1 amide bonds. The molecule has 4 aromatic rings. The summed E-state index contributed by atoms with van der Waals surface area (Å²) >= 11 is 12.4. The topological polar surface area (TPSA) is 115 Å². The van der Waals surface area contributed by atoms with Gasteiger partial charge in [-0.2, -0.15) is 0 Å². The molecule has 1 atom stereocenters. The molecule has 0 radical (unpaired) electrons. The second kappa shape index (κ2) is 8.49. The molecule has 7 nitrogen and oxygen atoms in total. The number of amides is 1. The zero-order valence-corrected chi connectivity index (χ0v) is 17.6. The summed E-state index contributed by atoms with van der Waals surface area (Å²) in [6.45, 7) is 0. The molecule has 0 aliphatic heterocycles. The summed E-state index contributed by atoms with van der Waals surface area (Å²) in [4.78, 5) is 31.7. The molecule has 1 aromatic heterocycles. The van der Waals surface area contributed by atoms with Gasteiger partial charge in [-0.15, -0.1) is 0 Å². The number of fused-ring (bicyclic) bond motifs is 1. The lowest BCUT2D eigenvalue weighted by molar-refractivity contribution is -0.139. The summed E-state index contributed by atoms with van der Waals surface area (Å²) in [5.41, 5.74) is 1.04. The van der Waals surface area contributed by atoms with E-state index in [1.54, 1.807) is 0 Å². The van der Waals surface area contributed by atoms with Crippen LogP contribution in [0, 0.1) is 5.82 Å². The van der Waals surface area contributed by atoms with Crippen LogP contribution >= 0.6 is 23.2 Å². The number of hydrogen-bond acceptors (Lipinski definition) is 4. The number of rotatable bonds is 5. The largest absolute Gasteiger partial charge is 0.508 e. The van der Waals surface area contributed by atoms with E-state index < -0.39 is 23.7 Å². The average molecular weight is 474 g/mol. The van der Waals surface area contributed by atoms with Crippen LogP contribution in [0.3, 0.4) is 0 Å². The third kappa shape index (κ3) is 4.10. The van der Waals surface area contributed by atoms with E-state index in [-0.39, 0.29) is 38.3 Å². The van der Waals surface area contributed by atoms with E-state index in [4.69, 9.17) is 23.2 Å². The number of aromatic nitrogens is 2. The Balaban J connectivity index is 1.69. The van der Waals surface area contributed by atoms with Crippen LogP contribution in [0.4, 0.5) is 4.39 Å². The molecule has 10 heteroatoms. The molecule has 3 aromatic carbocycles. The van der Waals surface area contributed by atoms with E-state index in [1.807, 2.05) is 0 Å². The van der Waals surface area contributed by atoms with Gasteiger partial charge in [0.1, 0.15) is 22.9 Å². The molecule has 32 heavy (non-hydrogen) atoms. The van der Waals surface area contributed by atoms with E-state index >= 15 is 0 Å². The number of imidazole rings is 1. The van der Waals surface area contributed by atoms with Crippen LogP contribution in [0.25, 0.3) is 22.4 Å². The number of nitrogens with one attached hydrogen (secondary N) is 2. The Hall–Kier alpha value is -3.62. The highest BCUT2D eigenvalue weighted by Crippen LogP contribution is 2.32. The van der Waals surface area contributed by atoms with Crippen LogP contribution in [-0.4, -0.2) is 32.1 Å². The fourth-order valence-electron chi connectivity index (χ4n) is 3.22. The fraction of sp³-hybridized carbons (Fsp3) is 0.0455. The smallest absolute Gasteiger partial charge is 0.330 e. The number of hydrogen-bond donors (Lipinski definition) is 4. The van der Waals surface area contributed by atoms with Gasteiger partial charge in [0.25, 0.3) is 5.91 Å². The highest BCUT2D eigenvalue weighted by molar-refractivity contribution is 6.35. The molecule has 0 spiro atoms. The van der Waals surface area contributed by atoms with Gasteiger partial charge in [-0.3, -0.25) is 4.79 Å². The van der Waals surface area contributed by atoms with Crippen molar-refractivity contribution in [3.63, 3.8) is 0 Å². The zero-order chi connectivity index (χ0) is 23.0. The quantitative estimate of drug-likeness (QED) is 0.327. The van der Waals surface area contributed by atoms with Crippen molar-refractivity contribution in [1.29, 1.82) is 0 Å². The second-order valence-electron chi connectivity index (χ2n) is 6.87. The fourth-order valence-corrected chi connectivity index (χ4v) is 3.73. The van der Waals surface area contributed by atoms with Crippen molar-refractivity contribution in [2.24, 2.45) is 0 Å². The van der Waals surface area contributed by atoms with Crippen molar-refractivity contribution >= 4 is 46.1 Å². The first kappa shape index (κ1) is 21.6. The highest BCUT2D eigenvalue weighted by atomic mass is 35.5. The number of phenolic OH excluding ortho intramolecular Hbond substituents is 1. The average Bonchev–Trinajstić information content (AvgIpc) is 3.16. The summed E-state index contributed by atoms with van der Waals surface area (Å²) in [7, 11) is 0. The van der Waals surface area contributed by atoms with E-state index in [2.05, 4.69) is 15.3 Å². The lowest BCUT2D eigenvalue weighted by atomic mass is 10.1. The molecule has 0 bridgehead atoms. The molecule has 0 aliphatic carbocycles. The first-order valence-corrected chi connectivity index (χ1v) is 9.96. The van der Waals surface area contributed by atoms with Crippen LogP contribution in [-0.2, 0) is 4.79 Å². The number of aliphatic carboxylic acids is 1. The van der Waals surface area contributed by atoms with E-state index in [1.165, 1.54) is 54.6 Å². The number of benzene rings is 3. The maximum atomic E-state index is 14.3. The van der Waals surface area contributed by atoms with Gasteiger partial charge in [0.05, 0.1) is 21.1 Å². The molecule has 1 heterocycles. The molecular formula is C22H14Cl2FN3O4. The molecule has 0 saturated carbocycles. The predicted octanol–water partition coefficient (Wildman–Crippen LogP) is 4.94. The molecule has 0 fully saturated rings. The van der Waals surface area contributed by atoms with Gasteiger partial charge < -0.3 is 20.5 Å². The number of carbonyl (C=O) groups excluding carboxylic acids is 1. The molecule has 1 unspecified atom stereocenters. The number of halogens is 3. The first-order chi connectivity index (χ1) is 15.2. The van der Waals surface area contributed by atoms with Crippen molar-refractivity contribution in [3.8, 4) is 17.1 Å². The number of carboxylic acid groups (broad SMARTS) is 1. The van der Waals surface area contributed by atoms with E-state index in [0.29, 0.717) is 11.0 Å². The van der Waals surface area contributed by atoms with Gasteiger partial charge in [-0.05, 0) is 42.0 Å². The van der Waals surface area contributed by atoms with Gasteiger partial charge in [0, 0.05) is 5.56 Å². The summed E-state index contributed by atoms with van der Waals surface area (Å²) in [5.74, 6) is -2.46. The summed E-state index contributed by atoms with van der Waals surface area (Å²) in [6.07, 6.45) is 0. The second-order valence-corrected chi connectivity index (χ2v) is 7.69. The number of H-pyrrole nitrogens is 1. The van der Waals surface area contributed by atoms with Crippen LogP contribution < -0.4 is 5.32 Å². The van der Waals surface area contributed by atoms with Crippen LogP contribution in [0.5, 0.6) is 5.75 Å². The third-order valence-corrected chi connectivity index (χ3v) is 5.35. The normalized spacial score (nSPS) is 12.0. The lowest BCUT2D eigenvalue weighted by Crippen LogP contribution is -2.33. The van der Waals surface area contributed by atoms with Gasteiger partial charge >= 0.3 is 5.97 Å². The minimum absolute atomic E-state index is 0.0357. The maximum absolute atomic E-state index is 14.3. The van der Waals surface area contributed by atoms with Gasteiger partial charge in [0.15, 0.2) is 6.04 Å².